The summed E-state index contributed by atoms with van der Waals surface area (Å²) in [5, 5.41) is -0.392. The van der Waals surface area contributed by atoms with Gasteiger partial charge in [-0.25, -0.2) is 8.42 Å². The summed E-state index contributed by atoms with van der Waals surface area (Å²) in [7, 11) is -2.97. The van der Waals surface area contributed by atoms with Crippen LogP contribution in [0.2, 0.25) is 0 Å². The van der Waals surface area contributed by atoms with E-state index in [0.29, 0.717) is 5.92 Å². The van der Waals surface area contributed by atoms with Crippen molar-refractivity contribution in [2.45, 2.75) is 43.9 Å². The zero-order valence-electron chi connectivity index (χ0n) is 8.58. The summed E-state index contributed by atoms with van der Waals surface area (Å²) in [5.74, 6) is 0.419. The first-order valence-corrected chi connectivity index (χ1v) is 6.75. The minimum Gasteiger partial charge on any atom is -0.324 e. The van der Waals surface area contributed by atoms with Gasteiger partial charge in [0, 0.05) is 11.8 Å². The predicted octanol–water partition coefficient (Wildman–Crippen LogP) is 0.937. The first-order valence-electron chi connectivity index (χ1n) is 4.80. The van der Waals surface area contributed by atoms with E-state index in [4.69, 9.17) is 5.73 Å². The molecule has 1 aliphatic rings. The van der Waals surface area contributed by atoms with Gasteiger partial charge in [0.25, 0.3) is 0 Å². The monoisotopic (exact) mass is 205 g/mol. The normalized spacial score (nSPS) is 35.8. The standard InChI is InChI=1S/C9H19NO2S/c1-4-5-8-6-9(8,10)7(2)13(3,11)12/h7-8H,4-6,10H2,1-3H3. The van der Waals surface area contributed by atoms with Crippen LogP contribution in [0.15, 0.2) is 0 Å². The highest BCUT2D eigenvalue weighted by atomic mass is 32.2. The first kappa shape index (κ1) is 11.0. The molecule has 0 aromatic rings. The van der Waals surface area contributed by atoms with Gasteiger partial charge in [0.05, 0.1) is 5.25 Å². The summed E-state index contributed by atoms with van der Waals surface area (Å²) in [6.45, 7) is 3.83. The second-order valence-electron chi connectivity index (χ2n) is 4.27. The second kappa shape index (κ2) is 3.24. The molecule has 1 fully saturated rings. The average molecular weight is 205 g/mol. The van der Waals surface area contributed by atoms with Crippen molar-refractivity contribution in [1.29, 1.82) is 0 Å². The molecular weight excluding hydrogens is 186 g/mol. The summed E-state index contributed by atoms with van der Waals surface area (Å²) in [5.41, 5.74) is 5.60. The summed E-state index contributed by atoms with van der Waals surface area (Å²) in [4.78, 5) is 0. The van der Waals surface area contributed by atoms with E-state index in [1.807, 2.05) is 0 Å². The topological polar surface area (TPSA) is 60.2 Å². The number of sulfone groups is 1. The third kappa shape index (κ3) is 2.05. The van der Waals surface area contributed by atoms with Crippen LogP contribution in [0.5, 0.6) is 0 Å². The summed E-state index contributed by atoms with van der Waals surface area (Å²) in [6, 6.07) is 0. The summed E-state index contributed by atoms with van der Waals surface area (Å²) >= 11 is 0. The highest BCUT2D eigenvalue weighted by Gasteiger charge is 2.56. The van der Waals surface area contributed by atoms with Gasteiger partial charge in [-0.1, -0.05) is 13.3 Å². The predicted molar refractivity (Wildman–Crippen MR) is 54.2 cm³/mol. The second-order valence-corrected chi connectivity index (χ2v) is 6.64. The van der Waals surface area contributed by atoms with Gasteiger partial charge in [-0.15, -0.1) is 0 Å². The molecule has 13 heavy (non-hydrogen) atoms. The van der Waals surface area contributed by atoms with E-state index in [0.717, 1.165) is 19.3 Å². The molecule has 4 heteroatoms. The molecule has 1 saturated carbocycles. The molecule has 0 heterocycles. The molecule has 1 aliphatic carbocycles. The fraction of sp³-hybridized carbons (Fsp3) is 1.00. The van der Waals surface area contributed by atoms with Gasteiger partial charge in [0.1, 0.15) is 0 Å². The molecule has 0 aromatic heterocycles. The molecule has 3 nitrogen and oxygen atoms in total. The van der Waals surface area contributed by atoms with Crippen molar-refractivity contribution in [3.05, 3.63) is 0 Å². The molecular formula is C9H19NO2S. The molecule has 1 rings (SSSR count). The maximum Gasteiger partial charge on any atom is 0.151 e. The van der Waals surface area contributed by atoms with Crippen LogP contribution in [-0.2, 0) is 9.84 Å². The highest BCUT2D eigenvalue weighted by Crippen LogP contribution is 2.48. The number of rotatable bonds is 4. The zero-order valence-corrected chi connectivity index (χ0v) is 9.39. The van der Waals surface area contributed by atoms with Crippen LogP contribution in [0, 0.1) is 5.92 Å². The van der Waals surface area contributed by atoms with Crippen molar-refractivity contribution in [1.82, 2.24) is 0 Å². The van der Waals surface area contributed by atoms with Gasteiger partial charge >= 0.3 is 0 Å². The Balaban J connectivity index is 2.65. The SMILES string of the molecule is CCCC1CC1(N)C(C)S(C)(=O)=O. The average Bonchev–Trinajstić information content (AvgIpc) is 2.61. The quantitative estimate of drug-likeness (QED) is 0.743. The van der Waals surface area contributed by atoms with Gasteiger partial charge in [0.2, 0.25) is 0 Å². The van der Waals surface area contributed by atoms with Crippen molar-refractivity contribution in [2.24, 2.45) is 11.7 Å². The molecule has 0 aromatic carbocycles. The third-order valence-electron chi connectivity index (χ3n) is 3.24. The Bertz CT molecular complexity index is 286. The number of nitrogens with two attached hydrogens (primary N) is 1. The van der Waals surface area contributed by atoms with E-state index < -0.39 is 20.6 Å². The van der Waals surface area contributed by atoms with Crippen molar-refractivity contribution in [2.75, 3.05) is 6.26 Å². The van der Waals surface area contributed by atoms with Crippen LogP contribution in [0.4, 0.5) is 0 Å². The molecule has 0 radical (unpaired) electrons. The molecule has 78 valence electrons. The van der Waals surface area contributed by atoms with Gasteiger partial charge in [-0.3, -0.25) is 0 Å². The van der Waals surface area contributed by atoms with Crippen molar-refractivity contribution < 1.29 is 8.42 Å². The van der Waals surface area contributed by atoms with Crippen molar-refractivity contribution >= 4 is 9.84 Å². The van der Waals surface area contributed by atoms with Crippen LogP contribution in [0.25, 0.3) is 0 Å². The van der Waals surface area contributed by atoms with Crippen LogP contribution in [0.1, 0.15) is 33.1 Å². The first-order chi connectivity index (χ1) is 5.82. The van der Waals surface area contributed by atoms with Crippen molar-refractivity contribution in [3.63, 3.8) is 0 Å². The molecule has 0 aliphatic heterocycles. The molecule has 0 spiro atoms. The van der Waals surface area contributed by atoms with Crippen LogP contribution < -0.4 is 5.73 Å². The van der Waals surface area contributed by atoms with Crippen LogP contribution >= 0.6 is 0 Å². The molecule has 0 amide bonds. The Hall–Kier alpha value is -0.0900. The minimum atomic E-state index is -2.97. The summed E-state index contributed by atoms with van der Waals surface area (Å²) < 4.78 is 22.6. The minimum absolute atomic E-state index is 0.392. The maximum atomic E-state index is 11.3. The zero-order chi connectivity index (χ0) is 10.3. The largest absolute Gasteiger partial charge is 0.324 e. The highest BCUT2D eigenvalue weighted by molar-refractivity contribution is 7.91. The van der Waals surface area contributed by atoms with Crippen LogP contribution in [0.3, 0.4) is 0 Å². The third-order valence-corrected chi connectivity index (χ3v) is 4.96. The lowest BCUT2D eigenvalue weighted by atomic mass is 10.1. The molecule has 0 bridgehead atoms. The van der Waals surface area contributed by atoms with E-state index in [9.17, 15) is 8.42 Å². The Morgan fingerprint density at radius 1 is 1.62 bits per heavy atom. The van der Waals surface area contributed by atoms with E-state index in [-0.39, 0.29) is 0 Å². The lowest BCUT2D eigenvalue weighted by Gasteiger charge is -2.18. The molecule has 0 saturated heterocycles. The van der Waals surface area contributed by atoms with Gasteiger partial charge in [-0.05, 0) is 25.7 Å². The Morgan fingerprint density at radius 2 is 2.15 bits per heavy atom. The Morgan fingerprint density at radius 3 is 2.54 bits per heavy atom. The Kier molecular flexibility index (Phi) is 2.74. The van der Waals surface area contributed by atoms with Crippen molar-refractivity contribution in [3.8, 4) is 0 Å². The van der Waals surface area contributed by atoms with E-state index >= 15 is 0 Å². The summed E-state index contributed by atoms with van der Waals surface area (Å²) in [6.07, 6.45) is 4.28. The van der Waals surface area contributed by atoms with Crippen LogP contribution in [-0.4, -0.2) is 25.5 Å². The lowest BCUT2D eigenvalue weighted by molar-refractivity contribution is 0.519. The molecule has 3 atom stereocenters. The van der Waals surface area contributed by atoms with Gasteiger partial charge < -0.3 is 5.73 Å². The number of hydrogen-bond acceptors (Lipinski definition) is 3. The van der Waals surface area contributed by atoms with Gasteiger partial charge in [-0.2, -0.15) is 0 Å². The fourth-order valence-electron chi connectivity index (χ4n) is 1.98. The fourth-order valence-corrected chi connectivity index (χ4v) is 3.07. The Labute approximate surface area is 80.6 Å². The van der Waals surface area contributed by atoms with E-state index in [2.05, 4.69) is 6.92 Å². The number of hydrogen-bond donors (Lipinski definition) is 1. The molecule has 2 N–H and O–H groups in total. The molecule has 3 unspecified atom stereocenters. The van der Waals surface area contributed by atoms with E-state index in [1.165, 1.54) is 6.26 Å². The van der Waals surface area contributed by atoms with E-state index in [1.54, 1.807) is 6.92 Å². The maximum absolute atomic E-state index is 11.3. The lowest BCUT2D eigenvalue weighted by Crippen LogP contribution is -2.42. The smallest absolute Gasteiger partial charge is 0.151 e. The van der Waals surface area contributed by atoms with Gasteiger partial charge in [0.15, 0.2) is 9.84 Å².